The molecule has 0 radical (unpaired) electrons. The number of likely N-dealkylation sites (tertiary alicyclic amines) is 1. The van der Waals surface area contributed by atoms with Gasteiger partial charge in [-0.3, -0.25) is 4.79 Å². The van der Waals surface area contributed by atoms with Gasteiger partial charge in [-0.25, -0.2) is 0 Å². The van der Waals surface area contributed by atoms with E-state index in [9.17, 15) is 4.79 Å². The Kier molecular flexibility index (Phi) is 4.59. The summed E-state index contributed by atoms with van der Waals surface area (Å²) in [6.07, 6.45) is 2.05. The van der Waals surface area contributed by atoms with E-state index in [0.717, 1.165) is 30.5 Å². The van der Waals surface area contributed by atoms with Gasteiger partial charge in [0.1, 0.15) is 6.61 Å². The second-order valence-corrected chi connectivity index (χ2v) is 4.92. The molecule has 0 aromatic heterocycles. The first kappa shape index (κ1) is 13.6. The van der Waals surface area contributed by atoms with Crippen LogP contribution in [0.3, 0.4) is 0 Å². The zero-order valence-corrected chi connectivity index (χ0v) is 11.2. The molecule has 1 unspecified atom stereocenters. The van der Waals surface area contributed by atoms with Gasteiger partial charge in [0, 0.05) is 24.6 Å². The van der Waals surface area contributed by atoms with Gasteiger partial charge in [-0.2, -0.15) is 0 Å². The van der Waals surface area contributed by atoms with E-state index in [1.165, 1.54) is 0 Å². The van der Waals surface area contributed by atoms with Crippen molar-refractivity contribution in [3.63, 3.8) is 0 Å². The molecule has 0 bridgehead atoms. The largest absolute Gasteiger partial charge is 0.384 e. The highest BCUT2D eigenvalue weighted by atomic mass is 16.2. The molecule has 1 aliphatic heterocycles. The molecule has 1 heterocycles. The molecule has 0 aliphatic carbocycles. The zero-order chi connectivity index (χ0) is 13.7. The molecular formula is C16H19NO2. The Morgan fingerprint density at radius 2 is 2.21 bits per heavy atom. The number of nitrogens with zero attached hydrogens (tertiary/aromatic N) is 1. The third kappa shape index (κ3) is 3.36. The van der Waals surface area contributed by atoms with Crippen molar-refractivity contribution in [2.45, 2.75) is 26.3 Å². The molecular weight excluding hydrogens is 238 g/mol. The Morgan fingerprint density at radius 1 is 1.42 bits per heavy atom. The monoisotopic (exact) mass is 257 g/mol. The summed E-state index contributed by atoms with van der Waals surface area (Å²) in [7, 11) is 0. The summed E-state index contributed by atoms with van der Waals surface area (Å²) in [6.45, 7) is 3.28. The zero-order valence-electron chi connectivity index (χ0n) is 11.2. The number of hydrogen-bond donors (Lipinski definition) is 1. The van der Waals surface area contributed by atoms with Gasteiger partial charge in [-0.1, -0.05) is 37.0 Å². The lowest BCUT2D eigenvalue weighted by atomic mass is 9.98. The highest BCUT2D eigenvalue weighted by molar-refractivity contribution is 5.79. The van der Waals surface area contributed by atoms with Crippen LogP contribution in [0.4, 0.5) is 0 Å². The topological polar surface area (TPSA) is 40.5 Å². The standard InChI is InChI=1S/C16H19NO2/c1-13-6-4-10-17(16(13)19)12-15-8-3-2-7-14(15)9-5-11-18/h2-3,7-8,13,18H,4,6,10-12H2,1H3. The fourth-order valence-corrected chi connectivity index (χ4v) is 2.41. The number of amides is 1. The molecule has 1 aromatic carbocycles. The summed E-state index contributed by atoms with van der Waals surface area (Å²) in [6, 6.07) is 7.80. The predicted octanol–water partition coefficient (Wildman–Crippen LogP) is 1.79. The lowest BCUT2D eigenvalue weighted by Gasteiger charge is -2.31. The van der Waals surface area contributed by atoms with Crippen LogP contribution in [0.5, 0.6) is 0 Å². The number of rotatable bonds is 2. The summed E-state index contributed by atoms with van der Waals surface area (Å²) >= 11 is 0. The van der Waals surface area contributed by atoms with Crippen molar-refractivity contribution in [3.8, 4) is 11.8 Å². The molecule has 3 nitrogen and oxygen atoms in total. The highest BCUT2D eigenvalue weighted by Gasteiger charge is 2.25. The van der Waals surface area contributed by atoms with Crippen molar-refractivity contribution >= 4 is 5.91 Å². The van der Waals surface area contributed by atoms with Crippen LogP contribution in [-0.2, 0) is 11.3 Å². The molecule has 0 saturated carbocycles. The van der Waals surface area contributed by atoms with E-state index in [1.807, 2.05) is 36.1 Å². The van der Waals surface area contributed by atoms with E-state index in [4.69, 9.17) is 5.11 Å². The summed E-state index contributed by atoms with van der Waals surface area (Å²) in [4.78, 5) is 14.0. The Labute approximate surface area is 114 Å². The number of hydrogen-bond acceptors (Lipinski definition) is 2. The Bertz CT molecular complexity index is 513. The summed E-state index contributed by atoms with van der Waals surface area (Å²) in [5.41, 5.74) is 1.94. The lowest BCUT2D eigenvalue weighted by molar-refractivity contribution is -0.138. The van der Waals surface area contributed by atoms with Gasteiger partial charge in [0.25, 0.3) is 0 Å². The number of benzene rings is 1. The average Bonchev–Trinajstić information content (AvgIpc) is 2.43. The minimum absolute atomic E-state index is 0.129. The average molecular weight is 257 g/mol. The third-order valence-electron chi connectivity index (χ3n) is 3.48. The maximum absolute atomic E-state index is 12.1. The van der Waals surface area contributed by atoms with E-state index < -0.39 is 0 Å². The van der Waals surface area contributed by atoms with Gasteiger partial charge < -0.3 is 10.0 Å². The molecule has 3 heteroatoms. The maximum atomic E-state index is 12.1. The van der Waals surface area contributed by atoms with E-state index in [2.05, 4.69) is 11.8 Å². The van der Waals surface area contributed by atoms with Crippen molar-refractivity contribution in [1.29, 1.82) is 0 Å². The van der Waals surface area contributed by atoms with Crippen LogP contribution < -0.4 is 0 Å². The quantitative estimate of drug-likeness (QED) is 0.821. The summed E-state index contributed by atoms with van der Waals surface area (Å²) in [5.74, 6) is 5.97. The van der Waals surface area contributed by atoms with Crippen LogP contribution >= 0.6 is 0 Å². The predicted molar refractivity (Wildman–Crippen MR) is 74.2 cm³/mol. The minimum Gasteiger partial charge on any atom is -0.384 e. The molecule has 1 aliphatic rings. The fourth-order valence-electron chi connectivity index (χ4n) is 2.41. The molecule has 0 spiro atoms. The lowest BCUT2D eigenvalue weighted by Crippen LogP contribution is -2.39. The van der Waals surface area contributed by atoms with Crippen molar-refractivity contribution in [2.24, 2.45) is 5.92 Å². The number of aliphatic hydroxyl groups excluding tert-OH is 1. The highest BCUT2D eigenvalue weighted by Crippen LogP contribution is 2.20. The molecule has 1 atom stereocenters. The van der Waals surface area contributed by atoms with E-state index >= 15 is 0 Å². The van der Waals surface area contributed by atoms with E-state index in [-0.39, 0.29) is 18.4 Å². The molecule has 100 valence electrons. The second-order valence-electron chi connectivity index (χ2n) is 4.92. The Morgan fingerprint density at radius 3 is 3.00 bits per heavy atom. The van der Waals surface area contributed by atoms with Crippen LogP contribution in [0, 0.1) is 17.8 Å². The number of aliphatic hydroxyl groups is 1. The van der Waals surface area contributed by atoms with Crippen LogP contribution in [0.15, 0.2) is 24.3 Å². The third-order valence-corrected chi connectivity index (χ3v) is 3.48. The first-order valence-corrected chi connectivity index (χ1v) is 6.69. The number of carbonyl (C=O) groups is 1. The molecule has 2 rings (SSSR count). The Hall–Kier alpha value is -1.79. The normalized spacial score (nSPS) is 18.9. The van der Waals surface area contributed by atoms with Gasteiger partial charge in [0.05, 0.1) is 0 Å². The first-order valence-electron chi connectivity index (χ1n) is 6.69. The smallest absolute Gasteiger partial charge is 0.225 e. The van der Waals surface area contributed by atoms with Gasteiger partial charge in [0.15, 0.2) is 0 Å². The van der Waals surface area contributed by atoms with Crippen molar-refractivity contribution in [3.05, 3.63) is 35.4 Å². The fraction of sp³-hybridized carbons (Fsp3) is 0.438. The van der Waals surface area contributed by atoms with Gasteiger partial charge in [0.2, 0.25) is 5.91 Å². The number of carbonyl (C=O) groups excluding carboxylic acids is 1. The number of piperidine rings is 1. The molecule has 1 fully saturated rings. The van der Waals surface area contributed by atoms with Crippen molar-refractivity contribution < 1.29 is 9.90 Å². The van der Waals surface area contributed by atoms with Gasteiger partial charge in [-0.05, 0) is 24.5 Å². The SMILES string of the molecule is CC1CCCN(Cc2ccccc2C#CCO)C1=O. The molecule has 1 N–H and O–H groups in total. The van der Waals surface area contributed by atoms with Crippen LogP contribution in [0.25, 0.3) is 0 Å². The van der Waals surface area contributed by atoms with Crippen molar-refractivity contribution in [1.82, 2.24) is 4.90 Å². The molecule has 1 amide bonds. The van der Waals surface area contributed by atoms with Gasteiger partial charge in [-0.15, -0.1) is 0 Å². The summed E-state index contributed by atoms with van der Waals surface area (Å²) < 4.78 is 0. The maximum Gasteiger partial charge on any atom is 0.225 e. The van der Waals surface area contributed by atoms with Crippen LogP contribution in [-0.4, -0.2) is 29.1 Å². The van der Waals surface area contributed by atoms with Gasteiger partial charge >= 0.3 is 0 Å². The second kappa shape index (κ2) is 6.40. The molecule has 1 saturated heterocycles. The van der Waals surface area contributed by atoms with Crippen LogP contribution in [0.2, 0.25) is 0 Å². The van der Waals surface area contributed by atoms with Crippen LogP contribution in [0.1, 0.15) is 30.9 Å². The van der Waals surface area contributed by atoms with E-state index in [1.54, 1.807) is 0 Å². The minimum atomic E-state index is -0.145. The summed E-state index contributed by atoms with van der Waals surface area (Å²) in [5, 5.41) is 8.78. The van der Waals surface area contributed by atoms with E-state index in [0.29, 0.717) is 6.54 Å². The molecule has 1 aromatic rings. The molecule has 19 heavy (non-hydrogen) atoms. The van der Waals surface area contributed by atoms with Crippen molar-refractivity contribution in [2.75, 3.05) is 13.2 Å². The first-order chi connectivity index (χ1) is 9.22. The Balaban J connectivity index is 2.16.